The van der Waals surface area contributed by atoms with Crippen molar-refractivity contribution in [3.8, 4) is 6.07 Å². The van der Waals surface area contributed by atoms with Gasteiger partial charge in [0.1, 0.15) is 11.9 Å². The highest BCUT2D eigenvalue weighted by atomic mass is 16.6. The van der Waals surface area contributed by atoms with E-state index in [1.807, 2.05) is 0 Å². The van der Waals surface area contributed by atoms with Crippen LogP contribution in [0, 0.1) is 27.4 Å². The summed E-state index contributed by atoms with van der Waals surface area (Å²) in [5, 5.41) is 22.6. The van der Waals surface area contributed by atoms with Crippen molar-refractivity contribution in [3.05, 3.63) is 27.9 Å². The van der Waals surface area contributed by atoms with Gasteiger partial charge in [-0.25, -0.2) is 4.98 Å². The van der Waals surface area contributed by atoms with Gasteiger partial charge in [-0.1, -0.05) is 0 Å². The van der Waals surface area contributed by atoms with Gasteiger partial charge in [-0.05, 0) is 24.8 Å². The van der Waals surface area contributed by atoms with Gasteiger partial charge in [0.25, 0.3) is 0 Å². The maximum Gasteiger partial charge on any atom is 0.305 e. The zero-order valence-electron chi connectivity index (χ0n) is 10.3. The third-order valence-corrected chi connectivity index (χ3v) is 3.09. The molecular weight excluding hydrogens is 248 g/mol. The highest BCUT2D eigenvalue weighted by molar-refractivity contribution is 5.50. The molecule has 0 radical (unpaired) electrons. The molecule has 1 aliphatic heterocycles. The number of nitriles is 1. The molecular formula is C12H14N4O3. The summed E-state index contributed by atoms with van der Waals surface area (Å²) in [6.45, 7) is 2.27. The molecule has 0 spiro atoms. The van der Waals surface area contributed by atoms with Crippen LogP contribution in [0.3, 0.4) is 0 Å². The minimum Gasteiger partial charge on any atom is -0.381 e. The number of anilines is 1. The third-order valence-electron chi connectivity index (χ3n) is 3.09. The first kappa shape index (κ1) is 13.2. The Hall–Kier alpha value is -2.20. The highest BCUT2D eigenvalue weighted by Crippen LogP contribution is 2.19. The summed E-state index contributed by atoms with van der Waals surface area (Å²) in [6, 6.07) is 4.57. The van der Waals surface area contributed by atoms with Gasteiger partial charge in [-0.2, -0.15) is 5.26 Å². The van der Waals surface area contributed by atoms with Gasteiger partial charge in [0.15, 0.2) is 0 Å². The van der Waals surface area contributed by atoms with Crippen LogP contribution in [0.1, 0.15) is 18.5 Å². The second-order valence-corrected chi connectivity index (χ2v) is 4.37. The van der Waals surface area contributed by atoms with Crippen molar-refractivity contribution in [2.45, 2.75) is 12.8 Å². The van der Waals surface area contributed by atoms with Crippen molar-refractivity contribution in [2.24, 2.45) is 5.92 Å². The van der Waals surface area contributed by atoms with Crippen molar-refractivity contribution in [1.82, 2.24) is 4.98 Å². The van der Waals surface area contributed by atoms with E-state index in [-0.39, 0.29) is 11.4 Å². The maximum atomic E-state index is 10.7. The molecule has 100 valence electrons. The van der Waals surface area contributed by atoms with E-state index in [9.17, 15) is 10.1 Å². The van der Waals surface area contributed by atoms with Crippen LogP contribution in [0.2, 0.25) is 0 Å². The van der Waals surface area contributed by atoms with Gasteiger partial charge in [0, 0.05) is 25.8 Å². The first-order chi connectivity index (χ1) is 9.20. The second kappa shape index (κ2) is 6.11. The molecule has 0 unspecified atom stereocenters. The number of aromatic nitrogens is 1. The molecule has 7 nitrogen and oxygen atoms in total. The standard InChI is InChI=1S/C12H14N4O3/c13-7-10-11(16(17)18)1-2-12(15-10)14-8-9-3-5-19-6-4-9/h1-2,9H,3-6,8H2,(H,14,15). The lowest BCUT2D eigenvalue weighted by Crippen LogP contribution is -2.23. The molecule has 0 bridgehead atoms. The number of hydrogen-bond acceptors (Lipinski definition) is 6. The van der Waals surface area contributed by atoms with E-state index >= 15 is 0 Å². The Balaban J connectivity index is 2.01. The number of ether oxygens (including phenoxy) is 1. The number of nitrogens with one attached hydrogen (secondary N) is 1. The third kappa shape index (κ3) is 3.39. The van der Waals surface area contributed by atoms with Crippen molar-refractivity contribution >= 4 is 11.5 Å². The van der Waals surface area contributed by atoms with Crippen molar-refractivity contribution in [1.29, 1.82) is 5.26 Å². The van der Waals surface area contributed by atoms with Crippen molar-refractivity contribution in [3.63, 3.8) is 0 Å². The molecule has 0 aliphatic carbocycles. The summed E-state index contributed by atoms with van der Waals surface area (Å²) in [4.78, 5) is 14.0. The fourth-order valence-electron chi connectivity index (χ4n) is 1.98. The fraction of sp³-hybridized carbons (Fsp3) is 0.500. The average molecular weight is 262 g/mol. The van der Waals surface area contributed by atoms with Crippen LogP contribution in [-0.2, 0) is 4.74 Å². The number of nitrogens with zero attached hydrogens (tertiary/aromatic N) is 3. The van der Waals surface area contributed by atoms with Crippen LogP contribution in [0.25, 0.3) is 0 Å². The zero-order valence-corrected chi connectivity index (χ0v) is 10.3. The van der Waals surface area contributed by atoms with E-state index in [0.29, 0.717) is 11.7 Å². The minimum absolute atomic E-state index is 0.165. The number of hydrogen-bond donors (Lipinski definition) is 1. The lowest BCUT2D eigenvalue weighted by molar-refractivity contribution is -0.385. The molecule has 19 heavy (non-hydrogen) atoms. The number of nitro groups is 1. The number of pyridine rings is 1. The van der Waals surface area contributed by atoms with Gasteiger partial charge in [-0.15, -0.1) is 0 Å². The Morgan fingerprint density at radius 3 is 2.89 bits per heavy atom. The smallest absolute Gasteiger partial charge is 0.305 e. The molecule has 7 heteroatoms. The molecule has 1 saturated heterocycles. The van der Waals surface area contributed by atoms with Gasteiger partial charge in [-0.3, -0.25) is 10.1 Å². The van der Waals surface area contributed by atoms with Crippen LogP contribution in [0.15, 0.2) is 12.1 Å². The van der Waals surface area contributed by atoms with E-state index in [4.69, 9.17) is 10.00 Å². The minimum atomic E-state index is -0.603. The molecule has 0 atom stereocenters. The monoisotopic (exact) mass is 262 g/mol. The van der Waals surface area contributed by atoms with E-state index in [2.05, 4.69) is 10.3 Å². The first-order valence-corrected chi connectivity index (χ1v) is 6.08. The normalized spacial score (nSPS) is 15.7. The molecule has 0 aromatic carbocycles. The topological polar surface area (TPSA) is 101 Å². The molecule has 1 aromatic rings. The second-order valence-electron chi connectivity index (χ2n) is 4.37. The quantitative estimate of drug-likeness (QED) is 0.654. The van der Waals surface area contributed by atoms with E-state index in [1.165, 1.54) is 12.1 Å². The molecule has 1 aromatic heterocycles. The van der Waals surface area contributed by atoms with Crippen molar-refractivity contribution in [2.75, 3.05) is 25.1 Å². The molecule has 2 rings (SSSR count). The van der Waals surface area contributed by atoms with Crippen LogP contribution >= 0.6 is 0 Å². The summed E-state index contributed by atoms with van der Waals surface area (Å²) in [5.41, 5.74) is -0.430. The summed E-state index contributed by atoms with van der Waals surface area (Å²) in [6.07, 6.45) is 1.98. The molecule has 1 aliphatic rings. The predicted molar refractivity (Wildman–Crippen MR) is 67.6 cm³/mol. The summed E-state index contributed by atoms with van der Waals surface area (Å²) in [5.74, 6) is 1.00. The van der Waals surface area contributed by atoms with Crippen LogP contribution in [-0.4, -0.2) is 29.7 Å². The predicted octanol–water partition coefficient (Wildman–Crippen LogP) is 1.70. The molecule has 1 N–H and O–H groups in total. The Morgan fingerprint density at radius 2 is 2.26 bits per heavy atom. The lowest BCUT2D eigenvalue weighted by Gasteiger charge is -2.22. The fourth-order valence-corrected chi connectivity index (χ4v) is 1.98. The average Bonchev–Trinajstić information content (AvgIpc) is 2.45. The van der Waals surface area contributed by atoms with Gasteiger partial charge in [0.05, 0.1) is 4.92 Å². The van der Waals surface area contributed by atoms with Gasteiger partial charge >= 0.3 is 5.69 Å². The molecule has 2 heterocycles. The van der Waals surface area contributed by atoms with E-state index in [1.54, 1.807) is 6.07 Å². The Kier molecular flexibility index (Phi) is 4.26. The molecule has 0 amide bonds. The highest BCUT2D eigenvalue weighted by Gasteiger charge is 2.17. The Labute approximate surface area is 110 Å². The molecule has 0 saturated carbocycles. The van der Waals surface area contributed by atoms with E-state index in [0.717, 1.165) is 32.6 Å². The van der Waals surface area contributed by atoms with Crippen LogP contribution in [0.5, 0.6) is 0 Å². The molecule has 1 fully saturated rings. The van der Waals surface area contributed by atoms with Crippen LogP contribution < -0.4 is 5.32 Å². The SMILES string of the molecule is N#Cc1nc(NCC2CCOCC2)ccc1[N+](=O)[O-]. The summed E-state index contributed by atoms with van der Waals surface area (Å²) in [7, 11) is 0. The lowest BCUT2D eigenvalue weighted by atomic mass is 10.0. The summed E-state index contributed by atoms with van der Waals surface area (Å²) >= 11 is 0. The largest absolute Gasteiger partial charge is 0.381 e. The van der Waals surface area contributed by atoms with Crippen molar-refractivity contribution < 1.29 is 9.66 Å². The zero-order chi connectivity index (χ0) is 13.7. The Morgan fingerprint density at radius 1 is 1.53 bits per heavy atom. The maximum absolute atomic E-state index is 10.7. The van der Waals surface area contributed by atoms with Gasteiger partial charge < -0.3 is 10.1 Å². The summed E-state index contributed by atoms with van der Waals surface area (Å²) < 4.78 is 5.27. The first-order valence-electron chi connectivity index (χ1n) is 6.08. The number of rotatable bonds is 4. The van der Waals surface area contributed by atoms with Gasteiger partial charge in [0.2, 0.25) is 5.69 Å². The Bertz CT molecular complexity index is 506. The van der Waals surface area contributed by atoms with Crippen LogP contribution in [0.4, 0.5) is 11.5 Å². The van der Waals surface area contributed by atoms with E-state index < -0.39 is 4.92 Å².